The van der Waals surface area contributed by atoms with E-state index >= 15 is 0 Å². The molecule has 0 spiro atoms. The maximum absolute atomic E-state index is 12.9. The van der Waals surface area contributed by atoms with Crippen LogP contribution in [0, 0.1) is 23.5 Å². The fourth-order valence-corrected chi connectivity index (χ4v) is 2.33. The summed E-state index contributed by atoms with van der Waals surface area (Å²) >= 11 is 0. The van der Waals surface area contributed by atoms with Crippen molar-refractivity contribution in [1.82, 2.24) is 0 Å². The second-order valence-corrected chi connectivity index (χ2v) is 4.93. The van der Waals surface area contributed by atoms with Crippen LogP contribution in [0.25, 0.3) is 0 Å². The third-order valence-corrected chi connectivity index (χ3v) is 3.56. The van der Waals surface area contributed by atoms with Crippen molar-refractivity contribution in [3.8, 4) is 5.75 Å². The highest BCUT2D eigenvalue weighted by Gasteiger charge is 2.21. The number of halogens is 3. The van der Waals surface area contributed by atoms with Gasteiger partial charge in [0, 0.05) is 6.07 Å². The van der Waals surface area contributed by atoms with Gasteiger partial charge < -0.3 is 4.74 Å². The summed E-state index contributed by atoms with van der Waals surface area (Å²) in [6.45, 7) is 0.251. The Morgan fingerprint density at radius 2 is 1.67 bits per heavy atom. The molecule has 0 heterocycles. The molecule has 0 aromatic heterocycles. The molecule has 100 valence electrons. The fourth-order valence-electron chi connectivity index (χ4n) is 2.33. The van der Waals surface area contributed by atoms with Crippen molar-refractivity contribution >= 4 is 0 Å². The zero-order chi connectivity index (χ0) is 13.0. The summed E-state index contributed by atoms with van der Waals surface area (Å²) < 4.78 is 43.5. The molecule has 0 saturated heterocycles. The second-order valence-electron chi connectivity index (χ2n) is 4.93. The SMILES string of the molecule is FCC1CCC(COc2ccc(F)c(F)c2)CC1. The average molecular weight is 258 g/mol. The molecular formula is C14H17F3O. The Morgan fingerprint density at radius 1 is 1.00 bits per heavy atom. The van der Waals surface area contributed by atoms with Gasteiger partial charge in [-0.1, -0.05) is 0 Å². The van der Waals surface area contributed by atoms with Gasteiger partial charge in [0.05, 0.1) is 13.3 Å². The van der Waals surface area contributed by atoms with Gasteiger partial charge in [-0.25, -0.2) is 8.78 Å². The molecule has 1 aromatic rings. The number of alkyl halides is 1. The number of hydrogen-bond acceptors (Lipinski definition) is 1. The lowest BCUT2D eigenvalue weighted by molar-refractivity contribution is 0.168. The predicted molar refractivity (Wildman–Crippen MR) is 63.3 cm³/mol. The third kappa shape index (κ3) is 3.40. The first-order chi connectivity index (χ1) is 8.69. The molecule has 0 aliphatic heterocycles. The molecule has 0 bridgehead atoms. The lowest BCUT2D eigenvalue weighted by Crippen LogP contribution is -2.21. The summed E-state index contributed by atoms with van der Waals surface area (Å²) in [6.07, 6.45) is 3.67. The Kier molecular flexibility index (Phi) is 4.50. The molecule has 4 heteroatoms. The quantitative estimate of drug-likeness (QED) is 0.789. The minimum Gasteiger partial charge on any atom is -0.493 e. The van der Waals surface area contributed by atoms with Crippen LogP contribution in [0.15, 0.2) is 18.2 Å². The summed E-state index contributed by atoms with van der Waals surface area (Å²) in [5.74, 6) is -0.827. The topological polar surface area (TPSA) is 9.23 Å². The van der Waals surface area contributed by atoms with E-state index in [0.717, 1.165) is 37.8 Å². The van der Waals surface area contributed by atoms with Crippen LogP contribution in [-0.4, -0.2) is 13.3 Å². The van der Waals surface area contributed by atoms with Gasteiger partial charge in [0.25, 0.3) is 0 Å². The van der Waals surface area contributed by atoms with Crippen LogP contribution in [0.2, 0.25) is 0 Å². The van der Waals surface area contributed by atoms with E-state index in [0.29, 0.717) is 18.3 Å². The maximum Gasteiger partial charge on any atom is 0.162 e. The van der Waals surface area contributed by atoms with E-state index in [4.69, 9.17) is 4.74 Å². The van der Waals surface area contributed by atoms with Gasteiger partial charge in [-0.3, -0.25) is 4.39 Å². The molecule has 2 rings (SSSR count). The van der Waals surface area contributed by atoms with Crippen molar-refractivity contribution in [1.29, 1.82) is 0 Å². The Labute approximate surface area is 105 Å². The van der Waals surface area contributed by atoms with Crippen LogP contribution in [0.4, 0.5) is 13.2 Å². The van der Waals surface area contributed by atoms with Crippen molar-refractivity contribution in [2.24, 2.45) is 11.8 Å². The lowest BCUT2D eigenvalue weighted by Gasteiger charge is -2.26. The molecule has 1 aliphatic rings. The zero-order valence-electron chi connectivity index (χ0n) is 10.2. The highest BCUT2D eigenvalue weighted by Crippen LogP contribution is 2.29. The van der Waals surface area contributed by atoms with E-state index in [1.54, 1.807) is 0 Å². The highest BCUT2D eigenvalue weighted by atomic mass is 19.2. The van der Waals surface area contributed by atoms with Crippen molar-refractivity contribution in [2.45, 2.75) is 25.7 Å². The normalized spacial score (nSPS) is 23.9. The first-order valence-electron chi connectivity index (χ1n) is 6.33. The third-order valence-electron chi connectivity index (χ3n) is 3.56. The maximum atomic E-state index is 12.9. The van der Waals surface area contributed by atoms with Crippen molar-refractivity contribution in [2.75, 3.05) is 13.3 Å². The van der Waals surface area contributed by atoms with Crippen molar-refractivity contribution in [3.63, 3.8) is 0 Å². The monoisotopic (exact) mass is 258 g/mol. The molecule has 0 amide bonds. The molecule has 18 heavy (non-hydrogen) atoms. The van der Waals surface area contributed by atoms with E-state index in [-0.39, 0.29) is 12.6 Å². The Bertz CT molecular complexity index is 387. The Hall–Kier alpha value is -1.19. The molecule has 0 N–H and O–H groups in total. The first kappa shape index (κ1) is 13.2. The summed E-state index contributed by atoms with van der Waals surface area (Å²) in [5, 5.41) is 0. The molecule has 1 fully saturated rings. The predicted octanol–water partition coefficient (Wildman–Crippen LogP) is 4.12. The van der Waals surface area contributed by atoms with Gasteiger partial charge >= 0.3 is 0 Å². The zero-order valence-corrected chi connectivity index (χ0v) is 10.2. The van der Waals surface area contributed by atoms with Gasteiger partial charge in [0.2, 0.25) is 0 Å². The van der Waals surface area contributed by atoms with Crippen LogP contribution in [-0.2, 0) is 0 Å². The second kappa shape index (κ2) is 6.12. The number of ether oxygens (including phenoxy) is 1. The van der Waals surface area contributed by atoms with Crippen molar-refractivity contribution in [3.05, 3.63) is 29.8 Å². The summed E-state index contributed by atoms with van der Waals surface area (Å²) in [7, 11) is 0. The molecule has 1 aromatic carbocycles. The molecular weight excluding hydrogens is 241 g/mol. The van der Waals surface area contributed by atoms with Gasteiger partial charge in [-0.05, 0) is 49.7 Å². The highest BCUT2D eigenvalue weighted by molar-refractivity contribution is 5.23. The molecule has 0 radical (unpaired) electrons. The summed E-state index contributed by atoms with van der Waals surface area (Å²) in [4.78, 5) is 0. The molecule has 1 nitrogen and oxygen atoms in total. The van der Waals surface area contributed by atoms with Crippen LogP contribution in [0.1, 0.15) is 25.7 Å². The van der Waals surface area contributed by atoms with E-state index < -0.39 is 11.6 Å². The molecule has 1 aliphatic carbocycles. The van der Waals surface area contributed by atoms with Gasteiger partial charge in [0.15, 0.2) is 11.6 Å². The van der Waals surface area contributed by atoms with Crippen LogP contribution < -0.4 is 4.74 Å². The van der Waals surface area contributed by atoms with Gasteiger partial charge in [-0.2, -0.15) is 0 Å². The lowest BCUT2D eigenvalue weighted by atomic mass is 9.83. The summed E-state index contributed by atoms with van der Waals surface area (Å²) in [6, 6.07) is 3.54. The summed E-state index contributed by atoms with van der Waals surface area (Å²) in [5.41, 5.74) is 0. The minimum atomic E-state index is -0.895. The Balaban J connectivity index is 1.79. The number of rotatable bonds is 4. The molecule has 0 unspecified atom stereocenters. The Morgan fingerprint density at radius 3 is 2.28 bits per heavy atom. The number of hydrogen-bond donors (Lipinski definition) is 0. The molecule has 0 atom stereocenters. The smallest absolute Gasteiger partial charge is 0.162 e. The van der Waals surface area contributed by atoms with Gasteiger partial charge in [-0.15, -0.1) is 0 Å². The number of benzene rings is 1. The van der Waals surface area contributed by atoms with Crippen LogP contribution in [0.3, 0.4) is 0 Å². The largest absolute Gasteiger partial charge is 0.493 e. The van der Waals surface area contributed by atoms with Gasteiger partial charge in [0.1, 0.15) is 5.75 Å². The first-order valence-corrected chi connectivity index (χ1v) is 6.33. The molecule has 1 saturated carbocycles. The fraction of sp³-hybridized carbons (Fsp3) is 0.571. The van der Waals surface area contributed by atoms with E-state index in [1.807, 2.05) is 0 Å². The van der Waals surface area contributed by atoms with E-state index in [1.165, 1.54) is 6.07 Å². The van der Waals surface area contributed by atoms with Crippen molar-refractivity contribution < 1.29 is 17.9 Å². The van der Waals surface area contributed by atoms with Crippen LogP contribution >= 0.6 is 0 Å². The minimum absolute atomic E-state index is 0.199. The van der Waals surface area contributed by atoms with E-state index in [2.05, 4.69) is 0 Å². The van der Waals surface area contributed by atoms with E-state index in [9.17, 15) is 13.2 Å². The standard InChI is InChI=1S/C14H17F3O/c15-8-10-1-3-11(4-2-10)9-18-12-5-6-13(16)14(17)7-12/h5-7,10-11H,1-4,8-9H2. The van der Waals surface area contributed by atoms with Crippen LogP contribution in [0.5, 0.6) is 5.75 Å². The average Bonchev–Trinajstić information content (AvgIpc) is 2.41.